The van der Waals surface area contributed by atoms with E-state index in [0.29, 0.717) is 0 Å². The van der Waals surface area contributed by atoms with Crippen LogP contribution in [0.4, 0.5) is 0 Å². The molecule has 0 rings (SSSR count). The molecule has 0 aliphatic heterocycles. The topological polar surface area (TPSA) is 75.4 Å². The van der Waals surface area contributed by atoms with Crippen molar-refractivity contribution in [1.29, 1.82) is 0 Å². The van der Waals surface area contributed by atoms with E-state index in [4.69, 9.17) is 8.76 Å². The molecule has 4 nitrogen and oxygen atoms in total. The first kappa shape index (κ1) is 5.03. The van der Waals surface area contributed by atoms with Crippen LogP contribution < -0.4 is 5.90 Å². The van der Waals surface area contributed by atoms with Crippen molar-refractivity contribution in [1.82, 2.24) is 0 Å². The largest absolute Gasteiger partial charge is 0.748 e. The van der Waals surface area contributed by atoms with Gasteiger partial charge in [-0.15, -0.1) is 0 Å². The Hall–Kier alpha value is 0.0300. The van der Waals surface area contributed by atoms with Gasteiger partial charge in [0, 0.05) is 0 Å². The minimum absolute atomic E-state index is 2.54. The van der Waals surface area contributed by atoms with Crippen LogP contribution in [0.25, 0.3) is 0 Å². The summed E-state index contributed by atoms with van der Waals surface area (Å²) in [5.41, 5.74) is 0. The smallest absolute Gasteiger partial charge is 0.105 e. The van der Waals surface area contributed by atoms with Crippen LogP contribution in [0.1, 0.15) is 0 Å². The van der Waals surface area contributed by atoms with Crippen LogP contribution in [0.3, 0.4) is 0 Å². The first-order chi connectivity index (χ1) is 2.27. The maximum atomic E-state index is 9.02. The number of hydrogen-bond donors (Lipinski definition) is 1. The summed E-state index contributed by atoms with van der Waals surface area (Å²) >= 11 is -2.54. The van der Waals surface area contributed by atoms with Gasteiger partial charge in [-0.1, -0.05) is 0 Å². The number of rotatable bonds is 1. The van der Waals surface area contributed by atoms with Gasteiger partial charge in [-0.3, -0.25) is 0 Å². The fraction of sp³-hybridized carbons (Fsp3) is 0. The van der Waals surface area contributed by atoms with Crippen molar-refractivity contribution >= 4 is 11.4 Å². The van der Waals surface area contributed by atoms with E-state index in [1.54, 1.807) is 0 Å². The molecule has 0 aromatic rings. The summed E-state index contributed by atoms with van der Waals surface area (Å²) in [6, 6.07) is 0. The van der Waals surface area contributed by atoms with Crippen LogP contribution in [0, 0.1) is 0 Å². The zero-order valence-corrected chi connectivity index (χ0v) is 3.03. The van der Waals surface area contributed by atoms with E-state index in [1.807, 2.05) is 0 Å². The Bertz CT molecular complexity index is 42.2. The maximum absolute atomic E-state index is 9.02. The number of nitrogens with two attached hydrogens (primary N) is 1. The molecule has 0 aromatic heterocycles. The molecule has 5 heteroatoms. The minimum Gasteiger partial charge on any atom is -0.748 e. The molecular formula is H2NO3S-. The molecule has 0 amide bonds. The second kappa shape index (κ2) is 2.28. The molecule has 0 aromatic carbocycles. The highest BCUT2D eigenvalue weighted by Crippen LogP contribution is 1.58. The Morgan fingerprint density at radius 3 is 2.20 bits per heavy atom. The molecule has 0 saturated carbocycles. The van der Waals surface area contributed by atoms with Gasteiger partial charge < -0.3 is 4.55 Å². The SMILES string of the molecule is NOS(=O)[O-]. The van der Waals surface area contributed by atoms with Crippen LogP contribution >= 0.6 is 0 Å². The van der Waals surface area contributed by atoms with Crippen molar-refractivity contribution in [2.75, 3.05) is 0 Å². The quantitative estimate of drug-likeness (QED) is 0.324. The normalized spacial score (nSPS) is 14.8. The maximum Gasteiger partial charge on any atom is 0.105 e. The van der Waals surface area contributed by atoms with Gasteiger partial charge >= 0.3 is 0 Å². The lowest BCUT2D eigenvalue weighted by molar-refractivity contribution is 0.312. The molecule has 0 aliphatic rings. The zero-order valence-electron chi connectivity index (χ0n) is 2.21. The summed E-state index contributed by atoms with van der Waals surface area (Å²) < 4.78 is 21.2. The Morgan fingerprint density at radius 1 is 2.00 bits per heavy atom. The Balaban J connectivity index is 2.85. The summed E-state index contributed by atoms with van der Waals surface area (Å²) in [5.74, 6) is 4.06. The molecule has 32 valence electrons. The molecule has 0 spiro atoms. The first-order valence-electron chi connectivity index (χ1n) is 0.736. The van der Waals surface area contributed by atoms with E-state index in [9.17, 15) is 0 Å². The van der Waals surface area contributed by atoms with Gasteiger partial charge in [-0.25, -0.2) is 14.4 Å². The average Bonchev–Trinajstić information content (AvgIpc) is 1.38. The fourth-order valence-electron chi connectivity index (χ4n) is 0. The molecular weight excluding hydrogens is 94.1 g/mol. The minimum atomic E-state index is -2.54. The van der Waals surface area contributed by atoms with Gasteiger partial charge in [-0.2, -0.15) is 0 Å². The summed E-state index contributed by atoms with van der Waals surface area (Å²) in [4.78, 5) is 0. The second-order valence-electron chi connectivity index (χ2n) is 0.300. The molecule has 0 aliphatic carbocycles. The zero-order chi connectivity index (χ0) is 4.28. The molecule has 1 unspecified atom stereocenters. The fourth-order valence-corrected chi connectivity index (χ4v) is 0. The van der Waals surface area contributed by atoms with E-state index >= 15 is 0 Å². The van der Waals surface area contributed by atoms with Gasteiger partial charge in [0.05, 0.1) is 0 Å². The number of hydrogen-bond acceptors (Lipinski definition) is 4. The lowest BCUT2D eigenvalue weighted by atomic mass is 13.6. The molecule has 0 radical (unpaired) electrons. The highest BCUT2D eigenvalue weighted by molar-refractivity contribution is 7.74. The molecule has 2 N–H and O–H groups in total. The van der Waals surface area contributed by atoms with Gasteiger partial charge in [0.1, 0.15) is 11.4 Å². The van der Waals surface area contributed by atoms with Crippen LogP contribution in [0.15, 0.2) is 0 Å². The van der Waals surface area contributed by atoms with Gasteiger partial charge in [-0.05, 0) is 0 Å². The van der Waals surface area contributed by atoms with Crippen LogP contribution in [0.5, 0.6) is 0 Å². The molecule has 0 fully saturated rings. The van der Waals surface area contributed by atoms with E-state index in [1.165, 1.54) is 0 Å². The molecule has 1 atom stereocenters. The van der Waals surface area contributed by atoms with Crippen molar-refractivity contribution in [3.05, 3.63) is 0 Å². The van der Waals surface area contributed by atoms with Crippen molar-refractivity contribution < 1.29 is 13.0 Å². The van der Waals surface area contributed by atoms with E-state index in [2.05, 4.69) is 10.2 Å². The molecule has 5 heavy (non-hydrogen) atoms. The van der Waals surface area contributed by atoms with Crippen molar-refractivity contribution in [2.24, 2.45) is 5.90 Å². The van der Waals surface area contributed by atoms with Gasteiger partial charge in [0.15, 0.2) is 0 Å². The second-order valence-corrected chi connectivity index (χ2v) is 0.901. The predicted molar refractivity (Wildman–Crippen MR) is 14.2 cm³/mol. The van der Waals surface area contributed by atoms with Crippen LogP contribution in [0.2, 0.25) is 0 Å². The highest BCUT2D eigenvalue weighted by Gasteiger charge is 1.60. The van der Waals surface area contributed by atoms with Crippen molar-refractivity contribution in [3.8, 4) is 0 Å². The van der Waals surface area contributed by atoms with Crippen molar-refractivity contribution in [2.45, 2.75) is 0 Å². The highest BCUT2D eigenvalue weighted by atomic mass is 32.2. The van der Waals surface area contributed by atoms with E-state index < -0.39 is 11.4 Å². The van der Waals surface area contributed by atoms with Crippen molar-refractivity contribution in [3.63, 3.8) is 0 Å². The average molecular weight is 96.1 g/mol. The van der Waals surface area contributed by atoms with E-state index in [0.717, 1.165) is 0 Å². The van der Waals surface area contributed by atoms with Gasteiger partial charge in [0.25, 0.3) is 0 Å². The Labute approximate surface area is 31.4 Å². The van der Waals surface area contributed by atoms with E-state index in [-0.39, 0.29) is 0 Å². The Morgan fingerprint density at radius 2 is 2.20 bits per heavy atom. The summed E-state index contributed by atoms with van der Waals surface area (Å²) in [7, 11) is 0. The first-order valence-corrected chi connectivity index (χ1v) is 1.74. The third-order valence-electron chi connectivity index (χ3n) is 0.0786. The lowest BCUT2D eigenvalue weighted by Gasteiger charge is -1.93. The van der Waals surface area contributed by atoms with Crippen LogP contribution in [-0.4, -0.2) is 8.76 Å². The lowest BCUT2D eigenvalue weighted by Crippen LogP contribution is -2.00. The Kier molecular flexibility index (Phi) is 2.29. The summed E-state index contributed by atoms with van der Waals surface area (Å²) in [6.07, 6.45) is 0. The third-order valence-corrected chi connectivity index (χ3v) is 0.236. The molecule has 0 heterocycles. The predicted octanol–water partition coefficient (Wildman–Crippen LogP) is -1.33. The standard InChI is InChI=1S/H3NO3S/c1-4-5(2)3/h1H2,(H,2,3)/p-1. The summed E-state index contributed by atoms with van der Waals surface area (Å²) in [6.45, 7) is 0. The monoisotopic (exact) mass is 96.0 g/mol. The van der Waals surface area contributed by atoms with Crippen LogP contribution in [-0.2, 0) is 15.6 Å². The molecule has 0 saturated heterocycles. The third kappa shape index (κ3) is 4.03. The summed E-state index contributed by atoms with van der Waals surface area (Å²) in [5, 5.41) is 0. The molecule has 0 bridgehead atoms. The van der Waals surface area contributed by atoms with Gasteiger partial charge in [0.2, 0.25) is 0 Å².